The van der Waals surface area contributed by atoms with Crippen LogP contribution in [0.25, 0.3) is 0 Å². The van der Waals surface area contributed by atoms with Gasteiger partial charge in [0, 0.05) is 19.7 Å². The van der Waals surface area contributed by atoms with E-state index in [0.717, 1.165) is 25.9 Å². The molecule has 2 unspecified atom stereocenters. The lowest BCUT2D eigenvalue weighted by Crippen LogP contribution is -2.34. The second-order valence-electron chi connectivity index (χ2n) is 5.53. The van der Waals surface area contributed by atoms with Crippen molar-refractivity contribution < 1.29 is 14.9 Å². The molecule has 0 aromatic heterocycles. The van der Waals surface area contributed by atoms with Crippen LogP contribution in [0.15, 0.2) is 24.3 Å². The zero-order valence-electron chi connectivity index (χ0n) is 12.1. The van der Waals surface area contributed by atoms with Gasteiger partial charge in [-0.1, -0.05) is 6.07 Å². The number of β-amino-alcohol motifs (C(OH)–C–C–N with tert-alkyl or cyclic N) is 1. The molecule has 2 atom stereocenters. The third-order valence-electron chi connectivity index (χ3n) is 3.78. The van der Waals surface area contributed by atoms with E-state index < -0.39 is 6.10 Å². The summed E-state index contributed by atoms with van der Waals surface area (Å²) >= 11 is 0. The van der Waals surface area contributed by atoms with Crippen molar-refractivity contribution in [3.05, 3.63) is 29.8 Å². The number of hydrogen-bond donors (Lipinski definition) is 2. The van der Waals surface area contributed by atoms with Crippen LogP contribution in [0.4, 0.5) is 0 Å². The molecule has 0 radical (unpaired) electrons. The standard InChI is InChI=1S/C16H22N2O3/c17-9-14-2-1-3-16(8-14)21-12-15(20)11-18-6-4-13(10-18)5-7-19/h1-3,8,13,15,19-20H,4-7,10-12H2. The normalized spacial score (nSPS) is 20.1. The van der Waals surface area contributed by atoms with Gasteiger partial charge in [0.15, 0.2) is 0 Å². The van der Waals surface area contributed by atoms with E-state index in [4.69, 9.17) is 15.1 Å². The van der Waals surface area contributed by atoms with Crippen LogP contribution < -0.4 is 4.74 Å². The van der Waals surface area contributed by atoms with Gasteiger partial charge in [0.2, 0.25) is 0 Å². The highest BCUT2D eigenvalue weighted by molar-refractivity contribution is 5.36. The molecular formula is C16H22N2O3. The van der Waals surface area contributed by atoms with Crippen molar-refractivity contribution in [2.45, 2.75) is 18.9 Å². The van der Waals surface area contributed by atoms with Gasteiger partial charge >= 0.3 is 0 Å². The quantitative estimate of drug-likeness (QED) is 0.783. The summed E-state index contributed by atoms with van der Waals surface area (Å²) in [5.41, 5.74) is 0.549. The molecule has 2 rings (SSSR count). The van der Waals surface area contributed by atoms with E-state index in [-0.39, 0.29) is 13.2 Å². The Balaban J connectivity index is 1.72. The van der Waals surface area contributed by atoms with Crippen molar-refractivity contribution in [2.24, 2.45) is 5.92 Å². The molecule has 2 N–H and O–H groups in total. The largest absolute Gasteiger partial charge is 0.491 e. The smallest absolute Gasteiger partial charge is 0.120 e. The Bertz CT molecular complexity index is 487. The van der Waals surface area contributed by atoms with Gasteiger partial charge in [0.05, 0.1) is 11.6 Å². The second kappa shape index (κ2) is 7.99. The first-order chi connectivity index (χ1) is 10.2. The second-order valence-corrected chi connectivity index (χ2v) is 5.53. The number of rotatable bonds is 7. The first-order valence-corrected chi connectivity index (χ1v) is 7.35. The van der Waals surface area contributed by atoms with Gasteiger partial charge in [-0.3, -0.25) is 0 Å². The van der Waals surface area contributed by atoms with Crippen LogP contribution in [0.1, 0.15) is 18.4 Å². The molecule has 1 fully saturated rings. The summed E-state index contributed by atoms with van der Waals surface area (Å²) in [4.78, 5) is 2.21. The van der Waals surface area contributed by atoms with Crippen molar-refractivity contribution in [1.29, 1.82) is 5.26 Å². The van der Waals surface area contributed by atoms with Gasteiger partial charge in [0.1, 0.15) is 18.5 Å². The van der Waals surface area contributed by atoms with Gasteiger partial charge in [-0.2, -0.15) is 5.26 Å². The van der Waals surface area contributed by atoms with Crippen molar-refractivity contribution >= 4 is 0 Å². The lowest BCUT2D eigenvalue weighted by molar-refractivity contribution is 0.0743. The van der Waals surface area contributed by atoms with Crippen LogP contribution in [-0.4, -0.2) is 54.1 Å². The zero-order valence-corrected chi connectivity index (χ0v) is 12.1. The van der Waals surface area contributed by atoms with Crippen molar-refractivity contribution in [2.75, 3.05) is 32.8 Å². The predicted octanol–water partition coefficient (Wildman–Crippen LogP) is 1.00. The molecule has 5 nitrogen and oxygen atoms in total. The molecule has 1 heterocycles. The maximum Gasteiger partial charge on any atom is 0.120 e. The Hall–Kier alpha value is -1.61. The van der Waals surface area contributed by atoms with E-state index in [1.165, 1.54) is 0 Å². The SMILES string of the molecule is N#Cc1cccc(OCC(O)CN2CCC(CCO)C2)c1. The molecule has 1 aliphatic rings. The van der Waals surface area contributed by atoms with Gasteiger partial charge in [0.25, 0.3) is 0 Å². The fourth-order valence-electron chi connectivity index (χ4n) is 2.70. The zero-order chi connectivity index (χ0) is 15.1. The average molecular weight is 290 g/mol. The minimum Gasteiger partial charge on any atom is -0.491 e. The number of ether oxygens (including phenoxy) is 1. The molecular weight excluding hydrogens is 268 g/mol. The van der Waals surface area contributed by atoms with Crippen LogP contribution in [0.2, 0.25) is 0 Å². The summed E-state index contributed by atoms with van der Waals surface area (Å²) in [6.45, 7) is 2.93. The molecule has 0 aliphatic carbocycles. The number of aliphatic hydroxyl groups excluding tert-OH is 2. The van der Waals surface area contributed by atoms with E-state index in [2.05, 4.69) is 11.0 Å². The summed E-state index contributed by atoms with van der Waals surface area (Å²) in [5.74, 6) is 1.14. The lowest BCUT2D eigenvalue weighted by atomic mass is 10.1. The maximum absolute atomic E-state index is 10.0. The first kappa shape index (κ1) is 15.8. The summed E-state index contributed by atoms with van der Waals surface area (Å²) in [5, 5.41) is 27.8. The summed E-state index contributed by atoms with van der Waals surface area (Å²) in [6, 6.07) is 8.99. The van der Waals surface area contributed by atoms with Gasteiger partial charge in [-0.15, -0.1) is 0 Å². The first-order valence-electron chi connectivity index (χ1n) is 7.35. The van der Waals surface area contributed by atoms with Gasteiger partial charge in [-0.05, 0) is 43.5 Å². The summed E-state index contributed by atoms with van der Waals surface area (Å²) in [7, 11) is 0. The molecule has 1 aromatic rings. The molecule has 0 saturated carbocycles. The van der Waals surface area contributed by atoms with E-state index in [1.54, 1.807) is 24.3 Å². The van der Waals surface area contributed by atoms with Crippen LogP contribution >= 0.6 is 0 Å². The van der Waals surface area contributed by atoms with Crippen LogP contribution in [-0.2, 0) is 0 Å². The van der Waals surface area contributed by atoms with Gasteiger partial charge < -0.3 is 19.8 Å². The highest BCUT2D eigenvalue weighted by Crippen LogP contribution is 2.19. The number of nitrogens with zero attached hydrogens (tertiary/aromatic N) is 2. The lowest BCUT2D eigenvalue weighted by Gasteiger charge is -2.20. The number of aliphatic hydroxyl groups is 2. The van der Waals surface area contributed by atoms with Crippen molar-refractivity contribution in [3.8, 4) is 11.8 Å². The summed E-state index contributed by atoms with van der Waals surface area (Å²) < 4.78 is 5.53. The Morgan fingerprint density at radius 3 is 3.10 bits per heavy atom. The molecule has 0 bridgehead atoms. The van der Waals surface area contributed by atoms with E-state index in [1.807, 2.05) is 0 Å². The molecule has 114 valence electrons. The highest BCUT2D eigenvalue weighted by Gasteiger charge is 2.23. The van der Waals surface area contributed by atoms with Crippen LogP contribution in [0, 0.1) is 17.2 Å². The van der Waals surface area contributed by atoms with E-state index in [0.29, 0.717) is 23.8 Å². The minimum atomic E-state index is -0.552. The third kappa shape index (κ3) is 5.01. The van der Waals surface area contributed by atoms with E-state index >= 15 is 0 Å². The molecule has 0 spiro atoms. The Kier molecular flexibility index (Phi) is 6.00. The van der Waals surface area contributed by atoms with Crippen molar-refractivity contribution in [1.82, 2.24) is 4.90 Å². The molecule has 1 aliphatic heterocycles. The topological polar surface area (TPSA) is 76.7 Å². The number of likely N-dealkylation sites (tertiary alicyclic amines) is 1. The predicted molar refractivity (Wildman–Crippen MR) is 78.9 cm³/mol. The Morgan fingerprint density at radius 2 is 2.33 bits per heavy atom. The van der Waals surface area contributed by atoms with Gasteiger partial charge in [-0.25, -0.2) is 0 Å². The fraction of sp³-hybridized carbons (Fsp3) is 0.562. The fourth-order valence-corrected chi connectivity index (χ4v) is 2.70. The number of benzene rings is 1. The van der Waals surface area contributed by atoms with Crippen LogP contribution in [0.5, 0.6) is 5.75 Å². The number of nitriles is 1. The molecule has 21 heavy (non-hydrogen) atoms. The molecule has 5 heteroatoms. The Morgan fingerprint density at radius 1 is 1.48 bits per heavy atom. The minimum absolute atomic E-state index is 0.218. The average Bonchev–Trinajstić information content (AvgIpc) is 2.93. The summed E-state index contributed by atoms with van der Waals surface area (Å²) in [6.07, 6.45) is 1.37. The van der Waals surface area contributed by atoms with Crippen molar-refractivity contribution in [3.63, 3.8) is 0 Å². The number of hydrogen-bond acceptors (Lipinski definition) is 5. The third-order valence-corrected chi connectivity index (χ3v) is 3.78. The highest BCUT2D eigenvalue weighted by atomic mass is 16.5. The Labute approximate surface area is 125 Å². The molecule has 1 aromatic carbocycles. The van der Waals surface area contributed by atoms with E-state index in [9.17, 15) is 5.11 Å². The molecule has 0 amide bonds. The monoisotopic (exact) mass is 290 g/mol. The molecule has 1 saturated heterocycles. The maximum atomic E-state index is 10.0. The van der Waals surface area contributed by atoms with Crippen LogP contribution in [0.3, 0.4) is 0 Å².